The van der Waals surface area contributed by atoms with Gasteiger partial charge < -0.3 is 21.3 Å². The number of halogens is 2. The van der Waals surface area contributed by atoms with Gasteiger partial charge in [0.1, 0.15) is 0 Å². The molecule has 0 aromatic carbocycles. The van der Waals surface area contributed by atoms with Crippen molar-refractivity contribution in [2.75, 3.05) is 13.1 Å². The second-order valence-corrected chi connectivity index (χ2v) is 11.2. The van der Waals surface area contributed by atoms with Gasteiger partial charge in [0.05, 0.1) is 11.4 Å². The summed E-state index contributed by atoms with van der Waals surface area (Å²) in [5, 5.41) is 15.5. The van der Waals surface area contributed by atoms with Crippen LogP contribution in [0, 0.1) is 0 Å². The molecule has 0 amide bonds. The van der Waals surface area contributed by atoms with Crippen molar-refractivity contribution in [1.82, 2.24) is 26.3 Å². The topological polar surface area (TPSA) is 61.0 Å². The van der Waals surface area contributed by atoms with Crippen LogP contribution in [-0.2, 0) is 13.1 Å². The molecule has 2 saturated carbocycles. The monoisotopic (exact) mass is 510 g/mol. The molecule has 2 heterocycles. The molecule has 31 heavy (non-hydrogen) atoms. The van der Waals surface area contributed by atoms with Crippen LogP contribution in [0.1, 0.15) is 88.7 Å². The van der Waals surface area contributed by atoms with Crippen molar-refractivity contribution in [3.05, 3.63) is 29.6 Å². The number of pyridine rings is 1. The van der Waals surface area contributed by atoms with E-state index in [-0.39, 0.29) is 25.2 Å². The third-order valence-electron chi connectivity index (χ3n) is 7.08. The van der Waals surface area contributed by atoms with Crippen molar-refractivity contribution in [3.8, 4) is 0 Å². The van der Waals surface area contributed by atoms with E-state index in [1.807, 2.05) is 0 Å². The molecule has 1 aromatic heterocycles. The molecule has 8 heteroatoms. The Balaban J connectivity index is 0.000000858. The summed E-state index contributed by atoms with van der Waals surface area (Å²) in [7, 11) is 9.59. The van der Waals surface area contributed by atoms with Crippen LogP contribution in [0.5, 0.6) is 0 Å². The van der Waals surface area contributed by atoms with Gasteiger partial charge in [0.2, 0.25) is 0 Å². The third kappa shape index (κ3) is 7.82. The van der Waals surface area contributed by atoms with E-state index < -0.39 is 0 Å². The summed E-state index contributed by atoms with van der Waals surface area (Å²) >= 11 is 0.00694. The normalized spacial score (nSPS) is 34.7. The van der Waals surface area contributed by atoms with E-state index >= 15 is 0 Å². The minimum absolute atomic E-state index is 0.00694. The van der Waals surface area contributed by atoms with Crippen LogP contribution in [-0.4, -0.2) is 42.2 Å². The molecular formula is C23H39Cl2MnN5. The number of aromatic nitrogens is 1. The summed E-state index contributed by atoms with van der Waals surface area (Å²) in [6, 6.07) is 9.34. The van der Waals surface area contributed by atoms with E-state index in [2.05, 4.69) is 53.3 Å². The van der Waals surface area contributed by atoms with Gasteiger partial charge in [0, 0.05) is 49.3 Å². The Morgan fingerprint density at radius 2 is 1.13 bits per heavy atom. The van der Waals surface area contributed by atoms with Crippen molar-refractivity contribution in [3.63, 3.8) is 0 Å². The average molecular weight is 511 g/mol. The molecule has 4 rings (SSSR count). The first kappa shape index (κ1) is 25.7. The number of rotatable bonds is 0. The fourth-order valence-corrected chi connectivity index (χ4v) is 5.43. The molecule has 2 aliphatic carbocycles. The van der Waals surface area contributed by atoms with E-state index in [0.717, 1.165) is 13.1 Å². The molecule has 1 aliphatic heterocycles. The second-order valence-electron chi connectivity index (χ2n) is 9.22. The molecule has 4 N–H and O–H groups in total. The minimum atomic E-state index is 0.00694. The van der Waals surface area contributed by atoms with Gasteiger partial charge in [-0.2, -0.15) is 0 Å². The molecular weight excluding hydrogens is 472 g/mol. The van der Waals surface area contributed by atoms with Crippen molar-refractivity contribution >= 4 is 20.2 Å². The summed E-state index contributed by atoms with van der Waals surface area (Å²) in [5.41, 5.74) is 2.34. The van der Waals surface area contributed by atoms with Gasteiger partial charge in [0.15, 0.2) is 0 Å². The molecule has 0 saturated heterocycles. The Morgan fingerprint density at radius 1 is 0.742 bits per heavy atom. The Labute approximate surface area is 203 Å². The van der Waals surface area contributed by atoms with Gasteiger partial charge in [-0.05, 0) is 51.7 Å². The number of hydrogen-bond donors (Lipinski definition) is 4. The number of hydrogen-bond acceptors (Lipinski definition) is 5. The van der Waals surface area contributed by atoms with E-state index in [0.29, 0.717) is 24.2 Å². The quantitative estimate of drug-likeness (QED) is 0.385. The van der Waals surface area contributed by atoms with Crippen LogP contribution < -0.4 is 21.3 Å². The molecule has 6 atom stereocenters. The Morgan fingerprint density at radius 3 is 1.55 bits per heavy atom. The fourth-order valence-electron chi connectivity index (χ4n) is 5.43. The molecule has 2 fully saturated rings. The van der Waals surface area contributed by atoms with E-state index in [1.54, 1.807) is 0 Å². The van der Waals surface area contributed by atoms with Crippen LogP contribution in [0.3, 0.4) is 0 Å². The maximum atomic E-state index is 5.06. The van der Waals surface area contributed by atoms with Gasteiger partial charge in [-0.15, -0.1) is 0 Å². The van der Waals surface area contributed by atoms with Crippen LogP contribution in [0.15, 0.2) is 18.2 Å². The standard InChI is InChI=1S/C23H39N5.2ClH.Mn/c1-16-18-12-7-13-19(28-18)17(2)27-23-11-6-4-9-21(23)25-15-14-24-20-8-3-5-10-22(20)26-16;;;/h7,12-13,16-17,20-27H,3-6,8-11,14-15H2,1-2H3;2*1H;/q;;;+2/p-2/t16-,17-,20?,21?,22-,23?;;;/m1.../s1. The SMILES string of the molecule is C[C@H]1NC2CCCCC2NCCNC2CCCC[C@H]2N[C@H](C)c2cccc1n2.[Cl][Mn][Cl]. The molecule has 5 nitrogen and oxygen atoms in total. The molecule has 3 unspecified atom stereocenters. The third-order valence-corrected chi connectivity index (χ3v) is 7.08. The predicted molar refractivity (Wildman–Crippen MR) is 127 cm³/mol. The van der Waals surface area contributed by atoms with Crippen LogP contribution >= 0.6 is 20.2 Å². The number of nitrogens with zero attached hydrogens (tertiary/aromatic N) is 1. The first-order valence-electron chi connectivity index (χ1n) is 11.9. The molecule has 2 bridgehead atoms. The van der Waals surface area contributed by atoms with Crippen molar-refractivity contribution in [2.45, 2.75) is 101 Å². The van der Waals surface area contributed by atoms with E-state index in [9.17, 15) is 0 Å². The summed E-state index contributed by atoms with van der Waals surface area (Å²) in [5.74, 6) is 0. The van der Waals surface area contributed by atoms with Gasteiger partial charge in [-0.1, -0.05) is 31.7 Å². The zero-order chi connectivity index (χ0) is 22.1. The van der Waals surface area contributed by atoms with Crippen molar-refractivity contribution in [2.24, 2.45) is 0 Å². The van der Waals surface area contributed by atoms with Crippen LogP contribution in [0.4, 0.5) is 0 Å². The summed E-state index contributed by atoms with van der Waals surface area (Å²) in [4.78, 5) is 5.06. The summed E-state index contributed by atoms with van der Waals surface area (Å²) in [6.45, 7) is 6.66. The Bertz CT molecular complexity index is 603. The molecule has 0 spiro atoms. The Kier molecular flexibility index (Phi) is 11.4. The van der Waals surface area contributed by atoms with Gasteiger partial charge in [0.25, 0.3) is 0 Å². The zero-order valence-electron chi connectivity index (χ0n) is 18.8. The van der Waals surface area contributed by atoms with Gasteiger partial charge in [-0.25, -0.2) is 0 Å². The maximum absolute atomic E-state index is 5.06. The molecule has 0 radical (unpaired) electrons. The zero-order valence-corrected chi connectivity index (χ0v) is 21.5. The van der Waals surface area contributed by atoms with Crippen molar-refractivity contribution in [1.29, 1.82) is 0 Å². The van der Waals surface area contributed by atoms with Gasteiger partial charge in [-0.3, -0.25) is 4.98 Å². The Hall–Kier alpha value is 0.0895. The average Bonchev–Trinajstić information content (AvgIpc) is 2.79. The van der Waals surface area contributed by atoms with Crippen LogP contribution in [0.2, 0.25) is 0 Å². The van der Waals surface area contributed by atoms with E-state index in [1.165, 1.54) is 62.8 Å². The first-order valence-corrected chi connectivity index (χ1v) is 15.2. The number of nitrogens with one attached hydrogen (secondary N) is 4. The van der Waals surface area contributed by atoms with Gasteiger partial charge >= 0.3 is 33.3 Å². The summed E-state index contributed by atoms with van der Waals surface area (Å²) < 4.78 is 0. The second kappa shape index (κ2) is 13.7. The first-order chi connectivity index (χ1) is 15.1. The molecule has 3 aliphatic rings. The number of fused-ring (bicyclic) bond motifs is 4. The summed E-state index contributed by atoms with van der Waals surface area (Å²) in [6.07, 6.45) is 10.4. The van der Waals surface area contributed by atoms with Crippen molar-refractivity contribution < 1.29 is 13.1 Å². The molecule has 177 valence electrons. The fraction of sp³-hybridized carbons (Fsp3) is 0.783. The molecule has 1 aromatic rings. The predicted octanol–water partition coefficient (Wildman–Crippen LogP) is 4.57. The van der Waals surface area contributed by atoms with E-state index in [4.69, 9.17) is 25.2 Å². The van der Waals surface area contributed by atoms with Crippen LogP contribution in [0.25, 0.3) is 0 Å².